The van der Waals surface area contributed by atoms with E-state index in [2.05, 4.69) is 11.7 Å². The fourth-order valence-corrected chi connectivity index (χ4v) is 3.35. The van der Waals surface area contributed by atoms with Crippen molar-refractivity contribution >= 4 is 18.0 Å². The van der Waals surface area contributed by atoms with Gasteiger partial charge in [0, 0.05) is 11.6 Å². The largest absolute Gasteiger partial charge is 0.494 e. The van der Waals surface area contributed by atoms with Crippen LogP contribution in [0.5, 0.6) is 11.5 Å². The molecule has 1 aliphatic heterocycles. The molecule has 3 rings (SSSR count). The van der Waals surface area contributed by atoms with Crippen molar-refractivity contribution in [1.29, 1.82) is 0 Å². The number of unbranched alkanes of at least 4 members (excludes halogenated alkanes) is 1. The van der Waals surface area contributed by atoms with Gasteiger partial charge in [0.1, 0.15) is 23.5 Å². The summed E-state index contributed by atoms with van der Waals surface area (Å²) in [6.45, 7) is 2.79. The van der Waals surface area contributed by atoms with Crippen molar-refractivity contribution < 1.29 is 28.5 Å². The maximum absolute atomic E-state index is 12.6. The van der Waals surface area contributed by atoms with E-state index in [0.717, 1.165) is 35.3 Å². The number of rotatable bonds is 8. The Bertz CT molecular complexity index is 916. The Morgan fingerprint density at radius 2 is 1.83 bits per heavy atom. The monoisotopic (exact) mass is 410 g/mol. The Morgan fingerprint density at radius 1 is 1.07 bits per heavy atom. The number of hydrogen-bond donors (Lipinski definition) is 0. The average molecular weight is 410 g/mol. The maximum Gasteiger partial charge on any atom is 0.330 e. The molecule has 2 aromatic carbocycles. The number of esters is 2. The van der Waals surface area contributed by atoms with Crippen LogP contribution in [-0.4, -0.2) is 32.8 Å². The number of fused-ring (bicyclic) bond motifs is 1. The molecule has 0 amide bonds. The lowest BCUT2D eigenvalue weighted by Gasteiger charge is -2.18. The van der Waals surface area contributed by atoms with E-state index >= 15 is 0 Å². The molecule has 1 heterocycles. The van der Waals surface area contributed by atoms with Gasteiger partial charge in [0.25, 0.3) is 0 Å². The summed E-state index contributed by atoms with van der Waals surface area (Å²) < 4.78 is 21.5. The van der Waals surface area contributed by atoms with Crippen LogP contribution in [-0.2, 0) is 19.1 Å². The van der Waals surface area contributed by atoms with E-state index < -0.39 is 18.0 Å². The van der Waals surface area contributed by atoms with Crippen LogP contribution in [0.3, 0.4) is 0 Å². The van der Waals surface area contributed by atoms with Crippen LogP contribution >= 0.6 is 0 Å². The lowest BCUT2D eigenvalue weighted by molar-refractivity contribution is -0.144. The molecule has 0 saturated carbocycles. The first kappa shape index (κ1) is 21.4. The second-order valence-electron chi connectivity index (χ2n) is 6.96. The quantitative estimate of drug-likeness (QED) is 0.364. The minimum atomic E-state index is -0.608. The van der Waals surface area contributed by atoms with Crippen molar-refractivity contribution in [1.82, 2.24) is 0 Å². The Hall–Kier alpha value is -3.28. The molecule has 0 fully saturated rings. The van der Waals surface area contributed by atoms with Crippen LogP contribution in [0.1, 0.15) is 48.5 Å². The van der Waals surface area contributed by atoms with Crippen molar-refractivity contribution in [2.75, 3.05) is 20.8 Å². The topological polar surface area (TPSA) is 71.1 Å². The predicted octanol–water partition coefficient (Wildman–Crippen LogP) is 4.44. The van der Waals surface area contributed by atoms with Gasteiger partial charge in [0.2, 0.25) is 0 Å². The molecule has 6 nitrogen and oxygen atoms in total. The van der Waals surface area contributed by atoms with Gasteiger partial charge in [-0.2, -0.15) is 0 Å². The molecular weight excluding hydrogens is 384 g/mol. The van der Waals surface area contributed by atoms with E-state index in [9.17, 15) is 9.59 Å². The molecule has 0 spiro atoms. The van der Waals surface area contributed by atoms with Gasteiger partial charge in [0.15, 0.2) is 0 Å². The summed E-state index contributed by atoms with van der Waals surface area (Å²) in [5.41, 5.74) is 2.34. The summed E-state index contributed by atoms with van der Waals surface area (Å²) in [4.78, 5) is 24.0. The van der Waals surface area contributed by atoms with E-state index in [0.29, 0.717) is 12.4 Å². The third kappa shape index (κ3) is 4.82. The maximum atomic E-state index is 12.6. The van der Waals surface area contributed by atoms with Gasteiger partial charge in [-0.05, 0) is 47.9 Å². The van der Waals surface area contributed by atoms with Crippen LogP contribution in [0, 0.1) is 0 Å². The molecule has 1 aliphatic rings. The summed E-state index contributed by atoms with van der Waals surface area (Å²) in [6, 6.07) is 13.0. The fourth-order valence-electron chi connectivity index (χ4n) is 3.35. The van der Waals surface area contributed by atoms with Crippen LogP contribution in [0.25, 0.3) is 6.08 Å². The first-order chi connectivity index (χ1) is 14.6. The smallest absolute Gasteiger partial charge is 0.330 e. The lowest BCUT2D eigenvalue weighted by Crippen LogP contribution is -2.20. The van der Waals surface area contributed by atoms with Gasteiger partial charge in [0.05, 0.1) is 20.8 Å². The molecule has 0 aliphatic carbocycles. The van der Waals surface area contributed by atoms with Crippen LogP contribution < -0.4 is 9.47 Å². The molecule has 0 saturated heterocycles. The number of carbonyl (C=O) groups excluding carboxylic acids is 2. The van der Waals surface area contributed by atoms with Crippen molar-refractivity contribution in [3.05, 3.63) is 65.2 Å². The highest BCUT2D eigenvalue weighted by atomic mass is 16.5. The molecule has 158 valence electrons. The highest BCUT2D eigenvalue weighted by Crippen LogP contribution is 2.47. The summed E-state index contributed by atoms with van der Waals surface area (Å²) in [5.74, 6) is -0.0312. The van der Waals surface area contributed by atoms with Gasteiger partial charge in [-0.25, -0.2) is 4.79 Å². The Kier molecular flexibility index (Phi) is 7.12. The zero-order chi connectivity index (χ0) is 21.5. The van der Waals surface area contributed by atoms with E-state index in [1.807, 2.05) is 36.4 Å². The molecule has 0 radical (unpaired) electrons. The van der Waals surface area contributed by atoms with Crippen molar-refractivity contribution in [3.63, 3.8) is 0 Å². The van der Waals surface area contributed by atoms with Crippen molar-refractivity contribution in [3.8, 4) is 11.5 Å². The predicted molar refractivity (Wildman–Crippen MR) is 112 cm³/mol. The molecule has 6 heteroatoms. The average Bonchev–Trinajstić information content (AvgIpc) is 3.16. The van der Waals surface area contributed by atoms with Crippen LogP contribution in [0.2, 0.25) is 0 Å². The lowest BCUT2D eigenvalue weighted by atomic mass is 9.90. The molecule has 0 aromatic heterocycles. The van der Waals surface area contributed by atoms with E-state index in [1.54, 1.807) is 12.1 Å². The first-order valence-electron chi connectivity index (χ1n) is 9.94. The Labute approximate surface area is 176 Å². The van der Waals surface area contributed by atoms with Gasteiger partial charge in [-0.3, -0.25) is 4.79 Å². The second kappa shape index (κ2) is 9.96. The van der Waals surface area contributed by atoms with E-state index in [4.69, 9.17) is 14.2 Å². The highest BCUT2D eigenvalue weighted by Gasteiger charge is 2.41. The summed E-state index contributed by atoms with van der Waals surface area (Å²) >= 11 is 0. The van der Waals surface area contributed by atoms with Gasteiger partial charge >= 0.3 is 11.9 Å². The molecule has 0 unspecified atom stereocenters. The third-order valence-electron chi connectivity index (χ3n) is 4.97. The fraction of sp³-hybridized carbons (Fsp3) is 0.333. The highest BCUT2D eigenvalue weighted by molar-refractivity contribution is 5.87. The number of hydrogen-bond acceptors (Lipinski definition) is 6. The SMILES string of the molecule is CCCCOc1ccc([C@@H]2Oc3ccc(/C=C/C(=O)OC)cc3[C@@H]2C(=O)OC)cc1. The summed E-state index contributed by atoms with van der Waals surface area (Å²) in [5, 5.41) is 0. The Balaban J connectivity index is 1.85. The van der Waals surface area contributed by atoms with Crippen LogP contribution in [0.4, 0.5) is 0 Å². The summed E-state index contributed by atoms with van der Waals surface area (Å²) in [7, 11) is 2.68. The van der Waals surface area contributed by atoms with Gasteiger partial charge < -0.3 is 18.9 Å². The molecule has 30 heavy (non-hydrogen) atoms. The minimum Gasteiger partial charge on any atom is -0.494 e. The number of ether oxygens (including phenoxy) is 4. The van der Waals surface area contributed by atoms with Crippen molar-refractivity contribution in [2.24, 2.45) is 0 Å². The van der Waals surface area contributed by atoms with Crippen molar-refractivity contribution in [2.45, 2.75) is 31.8 Å². The van der Waals surface area contributed by atoms with Crippen LogP contribution in [0.15, 0.2) is 48.5 Å². The summed E-state index contributed by atoms with van der Waals surface area (Å²) in [6.07, 6.45) is 4.54. The first-order valence-corrected chi connectivity index (χ1v) is 9.94. The van der Waals surface area contributed by atoms with Gasteiger partial charge in [-0.15, -0.1) is 0 Å². The Morgan fingerprint density at radius 3 is 2.50 bits per heavy atom. The minimum absolute atomic E-state index is 0.379. The molecule has 0 bridgehead atoms. The zero-order valence-electron chi connectivity index (χ0n) is 17.4. The van der Waals surface area contributed by atoms with E-state index in [1.165, 1.54) is 20.3 Å². The second-order valence-corrected chi connectivity index (χ2v) is 6.96. The van der Waals surface area contributed by atoms with Gasteiger partial charge in [-0.1, -0.05) is 31.5 Å². The molecule has 0 N–H and O–H groups in total. The molecular formula is C24H26O6. The molecule has 2 aromatic rings. The number of methoxy groups -OCH3 is 2. The molecule has 2 atom stereocenters. The standard InChI is InChI=1S/C24H26O6/c1-4-5-14-29-18-10-8-17(9-11-18)23-22(24(26)28-3)19-15-16(6-12-20(19)30-23)7-13-21(25)27-2/h6-13,15,22-23H,4-5,14H2,1-3H3/b13-7+/t22-,23-/m0/s1. The number of carbonyl (C=O) groups is 2. The number of benzene rings is 2. The zero-order valence-corrected chi connectivity index (χ0v) is 17.4. The normalized spacial score (nSPS) is 17.3. The third-order valence-corrected chi connectivity index (χ3v) is 4.97. The van der Waals surface area contributed by atoms with E-state index in [-0.39, 0.29) is 5.97 Å².